The number of carbonyl (C=O) groups excluding carboxylic acids is 1. The largest absolute Gasteiger partial charge is 0.378 e. The highest BCUT2D eigenvalue weighted by molar-refractivity contribution is 5.79. The Morgan fingerprint density at radius 1 is 1.16 bits per heavy atom. The smallest absolute Gasteiger partial charge is 0.229 e. The van der Waals surface area contributed by atoms with Crippen molar-refractivity contribution in [3.8, 4) is 0 Å². The van der Waals surface area contributed by atoms with Gasteiger partial charge in [0.15, 0.2) is 5.82 Å². The van der Waals surface area contributed by atoms with Crippen LogP contribution in [0, 0.1) is 5.92 Å². The molecule has 1 aliphatic carbocycles. The first kappa shape index (κ1) is 17.0. The molecule has 2 aliphatic heterocycles. The van der Waals surface area contributed by atoms with Gasteiger partial charge < -0.3 is 14.2 Å². The number of aromatic nitrogens is 2. The highest BCUT2D eigenvalue weighted by Crippen LogP contribution is 2.38. The van der Waals surface area contributed by atoms with Crippen LogP contribution >= 0.6 is 0 Å². The van der Waals surface area contributed by atoms with Crippen molar-refractivity contribution in [3.05, 3.63) is 11.7 Å². The van der Waals surface area contributed by atoms with Gasteiger partial charge in [-0.2, -0.15) is 4.98 Å². The van der Waals surface area contributed by atoms with Gasteiger partial charge in [0.2, 0.25) is 11.8 Å². The number of carbonyl (C=O) groups is 1. The maximum atomic E-state index is 12.9. The molecule has 7 heteroatoms. The third-order valence-corrected chi connectivity index (χ3v) is 5.60. The third kappa shape index (κ3) is 4.03. The van der Waals surface area contributed by atoms with Gasteiger partial charge in [-0.3, -0.25) is 9.69 Å². The van der Waals surface area contributed by atoms with E-state index in [1.54, 1.807) is 0 Å². The maximum absolute atomic E-state index is 12.9. The molecule has 2 saturated heterocycles. The van der Waals surface area contributed by atoms with Crippen molar-refractivity contribution < 1.29 is 14.1 Å². The minimum absolute atomic E-state index is 0.0265. The summed E-state index contributed by atoms with van der Waals surface area (Å²) in [4.78, 5) is 21.7. The summed E-state index contributed by atoms with van der Waals surface area (Å²) >= 11 is 0. The molecule has 138 valence electrons. The minimum atomic E-state index is 0.0265. The Morgan fingerprint density at radius 2 is 2.04 bits per heavy atom. The van der Waals surface area contributed by atoms with E-state index in [9.17, 15) is 4.79 Å². The molecule has 3 fully saturated rings. The van der Waals surface area contributed by atoms with Gasteiger partial charge in [-0.1, -0.05) is 5.16 Å². The molecule has 7 nitrogen and oxygen atoms in total. The van der Waals surface area contributed by atoms with Crippen LogP contribution in [0.1, 0.15) is 56.7 Å². The van der Waals surface area contributed by atoms with Crippen LogP contribution in [0.25, 0.3) is 0 Å². The average molecular weight is 348 g/mol. The van der Waals surface area contributed by atoms with E-state index in [-0.39, 0.29) is 17.9 Å². The van der Waals surface area contributed by atoms with Crippen molar-refractivity contribution in [2.75, 3.05) is 32.8 Å². The highest BCUT2D eigenvalue weighted by atomic mass is 16.5. The van der Waals surface area contributed by atoms with Crippen LogP contribution in [0.4, 0.5) is 0 Å². The number of hydrogen-bond acceptors (Lipinski definition) is 6. The summed E-state index contributed by atoms with van der Waals surface area (Å²) in [6.45, 7) is 6.95. The van der Waals surface area contributed by atoms with Crippen LogP contribution in [0.3, 0.4) is 0 Å². The predicted molar refractivity (Wildman–Crippen MR) is 90.9 cm³/mol. The minimum Gasteiger partial charge on any atom is -0.378 e. The lowest BCUT2D eigenvalue weighted by Gasteiger charge is -2.32. The first-order valence-corrected chi connectivity index (χ1v) is 9.66. The lowest BCUT2D eigenvalue weighted by atomic mass is 9.94. The highest BCUT2D eigenvalue weighted by Gasteiger charge is 2.33. The first-order chi connectivity index (χ1) is 12.2. The topological polar surface area (TPSA) is 71.7 Å². The molecule has 0 radical (unpaired) electrons. The van der Waals surface area contributed by atoms with Gasteiger partial charge in [0.1, 0.15) is 0 Å². The molecule has 0 N–H and O–H groups in total. The van der Waals surface area contributed by atoms with E-state index in [4.69, 9.17) is 9.26 Å². The zero-order valence-electron chi connectivity index (χ0n) is 15.0. The summed E-state index contributed by atoms with van der Waals surface area (Å²) in [6, 6.07) is 0. The Hall–Kier alpha value is -1.47. The van der Waals surface area contributed by atoms with Gasteiger partial charge >= 0.3 is 0 Å². The molecule has 1 saturated carbocycles. The summed E-state index contributed by atoms with van der Waals surface area (Å²) in [7, 11) is 0. The molecule has 0 spiro atoms. The molecule has 4 rings (SSSR count). The van der Waals surface area contributed by atoms with Gasteiger partial charge in [-0.15, -0.1) is 0 Å². The van der Waals surface area contributed by atoms with Crippen LogP contribution in [-0.2, 0) is 16.1 Å². The van der Waals surface area contributed by atoms with Crippen LogP contribution in [0.15, 0.2) is 4.52 Å². The molecule has 3 heterocycles. The lowest BCUT2D eigenvalue weighted by molar-refractivity contribution is -0.143. The van der Waals surface area contributed by atoms with Gasteiger partial charge in [-0.05, 0) is 39.0 Å². The molecular formula is C18H28N4O3. The Kier molecular flexibility index (Phi) is 5.03. The van der Waals surface area contributed by atoms with E-state index in [0.29, 0.717) is 12.5 Å². The zero-order valence-corrected chi connectivity index (χ0v) is 15.0. The number of amides is 1. The van der Waals surface area contributed by atoms with Gasteiger partial charge in [0, 0.05) is 38.7 Å². The second kappa shape index (κ2) is 7.41. The Balaban J connectivity index is 1.30. The Labute approximate surface area is 148 Å². The van der Waals surface area contributed by atoms with Gasteiger partial charge in [-0.25, -0.2) is 0 Å². The fraction of sp³-hybridized carbons (Fsp3) is 0.833. The molecule has 1 aromatic heterocycles. The molecule has 0 unspecified atom stereocenters. The van der Waals surface area contributed by atoms with Gasteiger partial charge in [0.25, 0.3) is 0 Å². The average Bonchev–Trinajstić information content (AvgIpc) is 3.40. The summed E-state index contributed by atoms with van der Waals surface area (Å²) in [6.07, 6.45) is 5.31. The quantitative estimate of drug-likeness (QED) is 0.826. The van der Waals surface area contributed by atoms with Crippen LogP contribution < -0.4 is 0 Å². The summed E-state index contributed by atoms with van der Waals surface area (Å²) in [5.41, 5.74) is 0. The van der Waals surface area contributed by atoms with E-state index >= 15 is 0 Å². The first-order valence-electron chi connectivity index (χ1n) is 9.66. The summed E-state index contributed by atoms with van der Waals surface area (Å²) in [5, 5.41) is 4.11. The van der Waals surface area contributed by atoms with E-state index in [1.807, 2.05) is 11.8 Å². The van der Waals surface area contributed by atoms with Gasteiger partial charge in [0.05, 0.1) is 18.6 Å². The molecule has 3 aliphatic rings. The second-order valence-corrected chi connectivity index (χ2v) is 7.60. The number of rotatable bonds is 4. The van der Waals surface area contributed by atoms with E-state index < -0.39 is 0 Å². The Bertz CT molecular complexity index is 601. The number of ether oxygens (including phenoxy) is 1. The summed E-state index contributed by atoms with van der Waals surface area (Å²) in [5.74, 6) is 2.37. The van der Waals surface area contributed by atoms with Crippen molar-refractivity contribution in [3.63, 3.8) is 0 Å². The fourth-order valence-corrected chi connectivity index (χ4v) is 3.86. The molecule has 1 amide bonds. The third-order valence-electron chi connectivity index (χ3n) is 5.60. The zero-order chi connectivity index (χ0) is 17.2. The van der Waals surface area contributed by atoms with E-state index in [0.717, 1.165) is 63.8 Å². The molecule has 0 bridgehead atoms. The Morgan fingerprint density at radius 3 is 2.84 bits per heavy atom. The van der Waals surface area contributed by atoms with Crippen LogP contribution in [-0.4, -0.2) is 64.7 Å². The van der Waals surface area contributed by atoms with Crippen molar-refractivity contribution in [2.45, 2.75) is 57.6 Å². The van der Waals surface area contributed by atoms with Crippen molar-refractivity contribution in [1.29, 1.82) is 0 Å². The van der Waals surface area contributed by atoms with Crippen LogP contribution in [0.5, 0.6) is 0 Å². The number of nitrogens with zero attached hydrogens (tertiary/aromatic N) is 4. The molecule has 0 aromatic carbocycles. The molecule has 2 atom stereocenters. The normalized spacial score (nSPS) is 28.8. The van der Waals surface area contributed by atoms with E-state index in [1.165, 1.54) is 12.8 Å². The number of hydrogen-bond donors (Lipinski definition) is 0. The summed E-state index contributed by atoms with van der Waals surface area (Å²) < 4.78 is 11.0. The van der Waals surface area contributed by atoms with Crippen molar-refractivity contribution in [2.24, 2.45) is 5.92 Å². The molecule has 1 aromatic rings. The molecular weight excluding hydrogens is 320 g/mol. The van der Waals surface area contributed by atoms with E-state index in [2.05, 4.69) is 15.0 Å². The maximum Gasteiger partial charge on any atom is 0.229 e. The van der Waals surface area contributed by atoms with Crippen molar-refractivity contribution in [1.82, 2.24) is 19.9 Å². The fourth-order valence-electron chi connectivity index (χ4n) is 3.86. The van der Waals surface area contributed by atoms with Crippen molar-refractivity contribution >= 4 is 5.91 Å². The molecule has 25 heavy (non-hydrogen) atoms. The standard InChI is InChI=1S/C18H28N4O3/c1-13-15(4-2-11-24-13)18(23)22-8-3-7-21(9-10-22)12-16-19-17(25-20-16)14-5-6-14/h13-15H,2-12H2,1H3/t13-,15+/m0/s1. The lowest BCUT2D eigenvalue weighted by Crippen LogP contribution is -2.44. The second-order valence-electron chi connectivity index (χ2n) is 7.60. The monoisotopic (exact) mass is 348 g/mol. The van der Waals surface area contributed by atoms with Crippen LogP contribution in [0.2, 0.25) is 0 Å². The SMILES string of the molecule is C[C@@H]1OCCC[C@H]1C(=O)N1CCCN(Cc2noc(C3CC3)n2)CC1. The predicted octanol–water partition coefficient (Wildman–Crippen LogP) is 1.80.